The van der Waals surface area contributed by atoms with E-state index in [9.17, 15) is 4.79 Å². The fraction of sp³-hybridized carbons (Fsp3) is 0.115. The van der Waals surface area contributed by atoms with Crippen LogP contribution in [0.2, 0.25) is 0 Å². The van der Waals surface area contributed by atoms with Crippen molar-refractivity contribution in [2.75, 3.05) is 0 Å². The molecule has 2 heterocycles. The molecular formula is C26H22N4O2S. The maximum atomic E-state index is 13.3. The molecule has 0 aliphatic rings. The number of fused-ring (bicyclic) bond motifs is 1. The molecule has 1 atom stereocenters. The number of imidazole rings is 1. The molecule has 7 heteroatoms. The molecule has 0 saturated heterocycles. The van der Waals surface area contributed by atoms with Crippen molar-refractivity contribution in [1.82, 2.24) is 19.9 Å². The first-order chi connectivity index (χ1) is 16.2. The minimum Gasteiger partial charge on any atom is -0.487 e. The number of para-hydroxylation sites is 2. The molecule has 6 nitrogen and oxygen atoms in total. The van der Waals surface area contributed by atoms with Gasteiger partial charge >= 0.3 is 0 Å². The number of carbonyl (C=O) groups excluding carboxylic acids is 1. The Kier molecular flexibility index (Phi) is 5.87. The maximum Gasteiger partial charge on any atom is 0.252 e. The van der Waals surface area contributed by atoms with Gasteiger partial charge in [-0.1, -0.05) is 48.5 Å². The first-order valence-electron chi connectivity index (χ1n) is 10.6. The number of thiazole rings is 1. The van der Waals surface area contributed by atoms with Crippen LogP contribution in [0.15, 0.2) is 89.8 Å². The molecule has 0 spiro atoms. The summed E-state index contributed by atoms with van der Waals surface area (Å²) >= 11 is 1.52. The highest BCUT2D eigenvalue weighted by atomic mass is 32.1. The van der Waals surface area contributed by atoms with E-state index < -0.39 is 6.04 Å². The third kappa shape index (κ3) is 4.49. The van der Waals surface area contributed by atoms with Gasteiger partial charge in [-0.3, -0.25) is 4.79 Å². The van der Waals surface area contributed by atoms with E-state index in [1.807, 2.05) is 83.7 Å². The molecule has 2 aromatic heterocycles. The van der Waals surface area contributed by atoms with E-state index in [-0.39, 0.29) is 5.91 Å². The molecule has 33 heavy (non-hydrogen) atoms. The number of rotatable bonds is 7. The van der Waals surface area contributed by atoms with Crippen molar-refractivity contribution in [3.8, 4) is 5.75 Å². The molecule has 0 radical (unpaired) electrons. The fourth-order valence-electron chi connectivity index (χ4n) is 3.77. The van der Waals surface area contributed by atoms with Gasteiger partial charge in [0.15, 0.2) is 0 Å². The molecule has 164 valence electrons. The average molecular weight is 455 g/mol. The molecule has 0 aliphatic carbocycles. The number of aryl methyl sites for hydroxylation is 1. The fourth-order valence-corrected chi connectivity index (χ4v) is 4.32. The highest BCUT2D eigenvalue weighted by molar-refractivity contribution is 7.07. The predicted molar refractivity (Wildman–Crippen MR) is 129 cm³/mol. The minimum absolute atomic E-state index is 0.199. The number of aromatic nitrogens is 3. The van der Waals surface area contributed by atoms with Crippen molar-refractivity contribution in [3.05, 3.63) is 112 Å². The molecular weight excluding hydrogens is 432 g/mol. The Balaban J connectivity index is 1.43. The van der Waals surface area contributed by atoms with E-state index in [1.165, 1.54) is 11.3 Å². The zero-order chi connectivity index (χ0) is 22.6. The lowest BCUT2D eigenvalue weighted by Gasteiger charge is -2.19. The number of benzene rings is 3. The molecule has 1 amide bonds. The van der Waals surface area contributed by atoms with Gasteiger partial charge in [-0.05, 0) is 35.9 Å². The second-order valence-electron chi connectivity index (χ2n) is 7.63. The number of amides is 1. The number of ether oxygens (including phenoxy) is 1. The van der Waals surface area contributed by atoms with Crippen molar-refractivity contribution in [2.45, 2.75) is 12.6 Å². The van der Waals surface area contributed by atoms with Crippen LogP contribution in [0.4, 0.5) is 0 Å². The normalized spacial score (nSPS) is 11.9. The lowest BCUT2D eigenvalue weighted by Crippen LogP contribution is -2.31. The van der Waals surface area contributed by atoms with Crippen LogP contribution in [0.5, 0.6) is 5.75 Å². The first-order valence-corrected chi connectivity index (χ1v) is 11.5. The van der Waals surface area contributed by atoms with E-state index in [0.717, 1.165) is 28.1 Å². The monoisotopic (exact) mass is 454 g/mol. The van der Waals surface area contributed by atoms with Crippen molar-refractivity contribution in [3.63, 3.8) is 0 Å². The lowest BCUT2D eigenvalue weighted by atomic mass is 10.1. The average Bonchev–Trinajstić information content (AvgIpc) is 3.50. The highest BCUT2D eigenvalue weighted by Crippen LogP contribution is 2.26. The van der Waals surface area contributed by atoms with Crippen LogP contribution in [0.1, 0.15) is 33.5 Å². The van der Waals surface area contributed by atoms with Gasteiger partial charge in [-0.2, -0.15) is 0 Å². The van der Waals surface area contributed by atoms with Crippen molar-refractivity contribution >= 4 is 28.3 Å². The molecule has 1 N–H and O–H groups in total. The summed E-state index contributed by atoms with van der Waals surface area (Å²) in [6.45, 7) is 0.362. The van der Waals surface area contributed by atoms with Crippen LogP contribution in [0, 0.1) is 0 Å². The van der Waals surface area contributed by atoms with Crippen molar-refractivity contribution < 1.29 is 9.53 Å². The summed E-state index contributed by atoms with van der Waals surface area (Å²) in [5, 5.41) is 5.12. The standard InChI is InChI=1S/C26H22N4O2S/c1-30-23-13-6-5-12-22(23)28-25(30)24(18-8-3-2-4-9-18)29-26(31)19-10-7-11-21(14-19)32-15-20-16-33-17-27-20/h2-14,16-17,24H,15H2,1H3,(H,29,31). The number of hydrogen-bond acceptors (Lipinski definition) is 5. The molecule has 0 bridgehead atoms. The van der Waals surface area contributed by atoms with Gasteiger partial charge in [-0.25, -0.2) is 9.97 Å². The Morgan fingerprint density at radius 1 is 1.06 bits per heavy atom. The summed E-state index contributed by atoms with van der Waals surface area (Å²) in [6.07, 6.45) is 0. The maximum absolute atomic E-state index is 13.3. The third-order valence-corrected chi connectivity index (χ3v) is 6.09. The van der Waals surface area contributed by atoms with Gasteiger partial charge in [-0.15, -0.1) is 11.3 Å². The number of hydrogen-bond donors (Lipinski definition) is 1. The quantitative estimate of drug-likeness (QED) is 0.370. The Morgan fingerprint density at radius 3 is 2.67 bits per heavy atom. The largest absolute Gasteiger partial charge is 0.487 e. The van der Waals surface area contributed by atoms with Gasteiger partial charge in [0.25, 0.3) is 5.91 Å². The number of carbonyl (C=O) groups is 1. The topological polar surface area (TPSA) is 69.0 Å². The van der Waals surface area contributed by atoms with Crippen LogP contribution in [0.3, 0.4) is 0 Å². The summed E-state index contributed by atoms with van der Waals surface area (Å²) in [6, 6.07) is 24.6. The second kappa shape index (κ2) is 9.26. The molecule has 1 unspecified atom stereocenters. The molecule has 3 aromatic carbocycles. The van der Waals surface area contributed by atoms with Crippen LogP contribution in [-0.4, -0.2) is 20.4 Å². The molecule has 0 saturated carbocycles. The Labute approximate surface area is 195 Å². The SMILES string of the molecule is Cn1c(C(NC(=O)c2cccc(OCc3cscn3)c2)c2ccccc2)nc2ccccc21. The van der Waals surface area contributed by atoms with Crippen LogP contribution in [-0.2, 0) is 13.7 Å². The number of nitrogens with one attached hydrogen (secondary N) is 1. The summed E-state index contributed by atoms with van der Waals surface area (Å²) in [7, 11) is 1.97. The van der Waals surface area contributed by atoms with Crippen LogP contribution < -0.4 is 10.1 Å². The Bertz CT molecular complexity index is 1380. The Hall–Kier alpha value is -3.97. The predicted octanol–water partition coefficient (Wildman–Crippen LogP) is 5.13. The molecule has 5 aromatic rings. The number of nitrogens with zero attached hydrogens (tertiary/aromatic N) is 3. The summed E-state index contributed by atoms with van der Waals surface area (Å²) in [5.74, 6) is 1.19. The molecule has 0 fully saturated rings. The van der Waals surface area contributed by atoms with Gasteiger partial charge in [0.05, 0.1) is 22.2 Å². The van der Waals surface area contributed by atoms with Crippen LogP contribution >= 0.6 is 11.3 Å². The summed E-state index contributed by atoms with van der Waals surface area (Å²) in [5.41, 5.74) is 6.02. The smallest absolute Gasteiger partial charge is 0.252 e. The van der Waals surface area contributed by atoms with E-state index >= 15 is 0 Å². The van der Waals surface area contributed by atoms with Gasteiger partial charge in [0.1, 0.15) is 24.2 Å². The van der Waals surface area contributed by atoms with E-state index in [0.29, 0.717) is 17.9 Å². The van der Waals surface area contributed by atoms with Gasteiger partial charge < -0.3 is 14.6 Å². The molecule has 5 rings (SSSR count). The van der Waals surface area contributed by atoms with E-state index in [4.69, 9.17) is 9.72 Å². The second-order valence-corrected chi connectivity index (χ2v) is 8.35. The van der Waals surface area contributed by atoms with Crippen molar-refractivity contribution in [2.24, 2.45) is 7.05 Å². The summed E-state index contributed by atoms with van der Waals surface area (Å²) in [4.78, 5) is 22.4. The zero-order valence-electron chi connectivity index (χ0n) is 18.0. The van der Waals surface area contributed by atoms with E-state index in [1.54, 1.807) is 17.6 Å². The lowest BCUT2D eigenvalue weighted by molar-refractivity contribution is 0.0940. The highest BCUT2D eigenvalue weighted by Gasteiger charge is 2.23. The third-order valence-electron chi connectivity index (χ3n) is 5.45. The van der Waals surface area contributed by atoms with Gasteiger partial charge in [0, 0.05) is 18.0 Å². The zero-order valence-corrected chi connectivity index (χ0v) is 18.8. The molecule has 0 aliphatic heterocycles. The summed E-state index contributed by atoms with van der Waals surface area (Å²) < 4.78 is 7.85. The van der Waals surface area contributed by atoms with Crippen molar-refractivity contribution in [1.29, 1.82) is 0 Å². The van der Waals surface area contributed by atoms with Gasteiger partial charge in [0.2, 0.25) is 0 Å². The van der Waals surface area contributed by atoms with Crippen LogP contribution in [0.25, 0.3) is 11.0 Å². The minimum atomic E-state index is -0.407. The Morgan fingerprint density at radius 2 is 1.88 bits per heavy atom. The first kappa shape index (κ1) is 20.9. The van der Waals surface area contributed by atoms with E-state index in [2.05, 4.69) is 10.3 Å².